The highest BCUT2D eigenvalue weighted by Crippen LogP contribution is 2.34. The normalized spacial score (nSPS) is 13.8. The Kier molecular flexibility index (Phi) is 7.25. The van der Waals surface area contributed by atoms with Gasteiger partial charge in [0.05, 0.1) is 36.6 Å². The van der Waals surface area contributed by atoms with E-state index in [0.717, 1.165) is 6.07 Å². The second kappa shape index (κ2) is 10.4. The summed E-state index contributed by atoms with van der Waals surface area (Å²) in [6.07, 6.45) is 0. The summed E-state index contributed by atoms with van der Waals surface area (Å²) >= 11 is 0. The van der Waals surface area contributed by atoms with E-state index in [4.69, 9.17) is 13.9 Å². The molecule has 0 saturated carbocycles. The van der Waals surface area contributed by atoms with Gasteiger partial charge in [-0.2, -0.15) is 0 Å². The average molecular weight is 531 g/mol. The monoisotopic (exact) mass is 530 g/mol. The van der Waals surface area contributed by atoms with Gasteiger partial charge in [0.15, 0.2) is 5.76 Å². The molecule has 3 aromatic rings. The first-order chi connectivity index (χ1) is 17.6. The maximum Gasteiger partial charge on any atom is 0.433 e. The summed E-state index contributed by atoms with van der Waals surface area (Å²) in [5.74, 6) is 0.0607. The second-order valence-electron chi connectivity index (χ2n) is 8.18. The number of carbonyl (C=O) groups is 1. The van der Waals surface area contributed by atoms with Crippen LogP contribution >= 0.6 is 0 Å². The topological polar surface area (TPSA) is 136 Å². The van der Waals surface area contributed by atoms with Crippen molar-refractivity contribution >= 4 is 33.2 Å². The highest BCUT2D eigenvalue weighted by atomic mass is 32.2. The zero-order valence-electron chi connectivity index (χ0n) is 20.5. The molecule has 0 aliphatic carbocycles. The van der Waals surface area contributed by atoms with E-state index >= 15 is 0 Å². The Labute approximate surface area is 213 Å². The van der Waals surface area contributed by atoms with Crippen molar-refractivity contribution in [3.05, 3.63) is 70.5 Å². The number of anilines is 2. The minimum absolute atomic E-state index is 0.0861. The molecule has 1 aromatic heterocycles. The first kappa shape index (κ1) is 25.8. The van der Waals surface area contributed by atoms with Gasteiger partial charge in [-0.1, -0.05) is 0 Å². The van der Waals surface area contributed by atoms with Crippen molar-refractivity contribution < 1.29 is 32.0 Å². The van der Waals surface area contributed by atoms with E-state index in [1.807, 2.05) is 4.90 Å². The van der Waals surface area contributed by atoms with E-state index in [0.29, 0.717) is 49.1 Å². The number of furan rings is 1. The molecule has 0 unspecified atom stereocenters. The predicted octanol–water partition coefficient (Wildman–Crippen LogP) is 2.99. The maximum absolute atomic E-state index is 13.4. The molecule has 0 bridgehead atoms. The largest absolute Gasteiger partial charge is 0.497 e. The number of nitro groups is 1. The lowest BCUT2D eigenvalue weighted by Crippen LogP contribution is -2.48. The van der Waals surface area contributed by atoms with Crippen molar-refractivity contribution in [2.24, 2.45) is 0 Å². The molecule has 0 radical (unpaired) electrons. The lowest BCUT2D eigenvalue weighted by atomic mass is 10.2. The summed E-state index contributed by atoms with van der Waals surface area (Å²) < 4.78 is 43.6. The summed E-state index contributed by atoms with van der Waals surface area (Å²) in [4.78, 5) is 26.4. The smallest absolute Gasteiger partial charge is 0.433 e. The van der Waals surface area contributed by atoms with Crippen LogP contribution in [0.3, 0.4) is 0 Å². The van der Waals surface area contributed by atoms with Crippen molar-refractivity contribution in [1.29, 1.82) is 0 Å². The Balaban J connectivity index is 1.52. The van der Waals surface area contributed by atoms with Gasteiger partial charge in [-0.15, -0.1) is 0 Å². The molecule has 12 nitrogen and oxygen atoms in total. The number of piperazine rings is 1. The summed E-state index contributed by atoms with van der Waals surface area (Å²) in [7, 11) is 0.627. The van der Waals surface area contributed by atoms with Gasteiger partial charge in [0.1, 0.15) is 16.4 Å². The Morgan fingerprint density at radius 2 is 1.68 bits per heavy atom. The fourth-order valence-corrected chi connectivity index (χ4v) is 5.23. The lowest BCUT2D eigenvalue weighted by molar-refractivity contribution is -0.402. The number of hydrogen-bond donors (Lipinski definition) is 0. The molecule has 1 aliphatic rings. The van der Waals surface area contributed by atoms with E-state index in [1.54, 1.807) is 36.4 Å². The van der Waals surface area contributed by atoms with Crippen LogP contribution in [-0.4, -0.2) is 71.6 Å². The van der Waals surface area contributed by atoms with Crippen LogP contribution < -0.4 is 18.7 Å². The number of nitrogens with zero attached hydrogens (tertiary/aromatic N) is 4. The van der Waals surface area contributed by atoms with Crippen molar-refractivity contribution in [3.63, 3.8) is 0 Å². The van der Waals surface area contributed by atoms with Gasteiger partial charge < -0.3 is 23.7 Å². The molecule has 0 N–H and O–H groups in total. The highest BCUT2D eigenvalue weighted by Gasteiger charge is 2.29. The number of methoxy groups -OCH3 is 2. The number of sulfonamides is 1. The third-order valence-corrected chi connectivity index (χ3v) is 7.92. The zero-order valence-corrected chi connectivity index (χ0v) is 21.3. The second-order valence-corrected chi connectivity index (χ2v) is 10.1. The van der Waals surface area contributed by atoms with Gasteiger partial charge in [0.2, 0.25) is 0 Å². The third kappa shape index (κ3) is 5.16. The molecular weight excluding hydrogens is 504 g/mol. The zero-order chi connectivity index (χ0) is 26.7. The molecule has 2 aromatic carbocycles. The van der Waals surface area contributed by atoms with Gasteiger partial charge in [-0.05, 0) is 48.5 Å². The first-order valence-electron chi connectivity index (χ1n) is 11.2. The van der Waals surface area contributed by atoms with E-state index in [9.17, 15) is 23.3 Å². The molecule has 1 fully saturated rings. The van der Waals surface area contributed by atoms with Gasteiger partial charge in [0, 0.05) is 33.2 Å². The number of benzene rings is 2. The molecule has 1 saturated heterocycles. The van der Waals surface area contributed by atoms with Gasteiger partial charge in [-0.25, -0.2) is 8.42 Å². The Bertz CT molecular complexity index is 1400. The molecule has 0 spiro atoms. The molecule has 1 aliphatic heterocycles. The lowest BCUT2D eigenvalue weighted by Gasteiger charge is -2.36. The van der Waals surface area contributed by atoms with Crippen LogP contribution in [0.1, 0.15) is 10.6 Å². The minimum atomic E-state index is -3.88. The quantitative estimate of drug-likeness (QED) is 0.318. The first-order valence-corrected chi connectivity index (χ1v) is 12.7. The summed E-state index contributed by atoms with van der Waals surface area (Å²) in [6.45, 7) is 1.39. The van der Waals surface area contributed by atoms with Gasteiger partial charge in [-0.3, -0.25) is 19.2 Å². The maximum atomic E-state index is 13.4. The molecule has 0 atom stereocenters. The molecule has 2 heterocycles. The molecule has 13 heteroatoms. The number of hydrogen-bond acceptors (Lipinski definition) is 9. The van der Waals surface area contributed by atoms with E-state index in [-0.39, 0.29) is 10.7 Å². The SMILES string of the molecule is COc1ccc(N(C)S(=O)(=O)c2ccc(OC)c(N3CCN(C(=O)c4ccc([N+](=O)[O-])o4)CC3)c2)cc1. The van der Waals surface area contributed by atoms with Crippen LogP contribution in [0.25, 0.3) is 0 Å². The number of ether oxygens (including phenoxy) is 2. The van der Waals surface area contributed by atoms with Crippen molar-refractivity contribution in [2.45, 2.75) is 4.90 Å². The van der Waals surface area contributed by atoms with E-state index < -0.39 is 26.7 Å². The van der Waals surface area contributed by atoms with Crippen LogP contribution in [0.5, 0.6) is 11.5 Å². The van der Waals surface area contributed by atoms with Crippen LogP contribution in [0.15, 0.2) is 63.9 Å². The minimum Gasteiger partial charge on any atom is -0.497 e. The van der Waals surface area contributed by atoms with Crippen LogP contribution in [-0.2, 0) is 10.0 Å². The number of rotatable bonds is 8. The van der Waals surface area contributed by atoms with Crippen LogP contribution in [0, 0.1) is 10.1 Å². The van der Waals surface area contributed by atoms with Crippen LogP contribution in [0.2, 0.25) is 0 Å². The summed E-state index contributed by atoms with van der Waals surface area (Å²) in [5, 5.41) is 10.8. The highest BCUT2D eigenvalue weighted by molar-refractivity contribution is 7.92. The van der Waals surface area contributed by atoms with E-state index in [1.165, 1.54) is 42.6 Å². The molecule has 37 heavy (non-hydrogen) atoms. The Morgan fingerprint density at radius 1 is 1.00 bits per heavy atom. The molecule has 1 amide bonds. The number of amides is 1. The van der Waals surface area contributed by atoms with Crippen molar-refractivity contribution in [3.8, 4) is 11.5 Å². The fraction of sp³-hybridized carbons (Fsp3) is 0.292. The van der Waals surface area contributed by atoms with Gasteiger partial charge >= 0.3 is 5.88 Å². The number of carbonyl (C=O) groups excluding carboxylic acids is 1. The average Bonchev–Trinajstić information content (AvgIpc) is 3.43. The Morgan fingerprint density at radius 3 is 2.24 bits per heavy atom. The van der Waals surface area contributed by atoms with Crippen molar-refractivity contribution in [2.75, 3.05) is 56.7 Å². The summed E-state index contributed by atoms with van der Waals surface area (Å²) in [5.41, 5.74) is 1.05. The van der Waals surface area contributed by atoms with Gasteiger partial charge in [0.25, 0.3) is 15.9 Å². The Hall–Kier alpha value is -4.26. The van der Waals surface area contributed by atoms with Crippen molar-refractivity contribution in [1.82, 2.24) is 4.90 Å². The van der Waals surface area contributed by atoms with E-state index in [2.05, 4.69) is 0 Å². The molecule has 4 rings (SSSR count). The molecular formula is C24H26N4O8S. The third-order valence-electron chi connectivity index (χ3n) is 6.13. The van der Waals surface area contributed by atoms with Crippen LogP contribution in [0.4, 0.5) is 17.3 Å². The molecule has 196 valence electrons. The predicted molar refractivity (Wildman–Crippen MR) is 135 cm³/mol. The fourth-order valence-electron chi connectivity index (χ4n) is 4.01. The standard InChI is InChI=1S/C24H26N4O8S/c1-25(17-4-6-18(34-2)7-5-17)37(32,33)19-8-9-21(35-3)20(16-19)26-12-14-27(15-13-26)24(29)22-10-11-23(36-22)28(30)31/h4-11,16H,12-15H2,1-3H3. The summed E-state index contributed by atoms with van der Waals surface area (Å²) in [6, 6.07) is 13.7.